The van der Waals surface area contributed by atoms with Gasteiger partial charge in [0.05, 0.1) is 6.04 Å². The predicted octanol–water partition coefficient (Wildman–Crippen LogP) is 3.53. The zero-order chi connectivity index (χ0) is 14.5. The first kappa shape index (κ1) is 17.8. The summed E-state index contributed by atoms with van der Waals surface area (Å²) in [5.74, 6) is 2.29. The van der Waals surface area contributed by atoms with Crippen LogP contribution in [0.2, 0.25) is 0 Å². The molecule has 22 heavy (non-hydrogen) atoms. The minimum absolute atomic E-state index is 0. The maximum Gasteiger partial charge on any atom is 0.222 e. The fourth-order valence-corrected chi connectivity index (χ4v) is 5.00. The van der Waals surface area contributed by atoms with E-state index in [0.717, 1.165) is 18.1 Å². The van der Waals surface area contributed by atoms with Crippen LogP contribution in [0.3, 0.4) is 0 Å². The second kappa shape index (κ2) is 8.93. The molecule has 3 nitrogen and oxygen atoms in total. The number of nitrogens with one attached hydrogen (secondary N) is 2. The molecule has 1 amide bonds. The molecule has 0 saturated carbocycles. The van der Waals surface area contributed by atoms with E-state index in [4.69, 9.17) is 0 Å². The van der Waals surface area contributed by atoms with Crippen molar-refractivity contribution in [2.45, 2.75) is 18.5 Å². The van der Waals surface area contributed by atoms with Crippen LogP contribution >= 0.6 is 46.8 Å². The van der Waals surface area contributed by atoms with Crippen molar-refractivity contribution in [1.82, 2.24) is 10.6 Å². The number of amides is 1. The number of hydrogen-bond acceptors (Lipinski definition) is 5. The second-order valence-electron chi connectivity index (χ2n) is 4.96. The second-order valence-corrected chi connectivity index (χ2v) is 8.07. The molecule has 3 rings (SSSR count). The lowest BCUT2D eigenvalue weighted by Crippen LogP contribution is -2.42. The van der Waals surface area contributed by atoms with E-state index in [1.165, 1.54) is 9.75 Å². The molecular formula is C15H19ClN2OS3. The highest BCUT2D eigenvalue weighted by molar-refractivity contribution is 7.99. The quantitative estimate of drug-likeness (QED) is 0.841. The van der Waals surface area contributed by atoms with Crippen LogP contribution in [0.5, 0.6) is 0 Å². The zero-order valence-electron chi connectivity index (χ0n) is 12.0. The third-order valence-corrected chi connectivity index (χ3v) is 6.40. The first-order valence-electron chi connectivity index (χ1n) is 7.00. The number of carbonyl (C=O) groups excluding carboxylic acids is 1. The molecule has 1 saturated heterocycles. The molecule has 0 aliphatic carbocycles. The number of carbonyl (C=O) groups is 1. The van der Waals surface area contributed by atoms with E-state index in [9.17, 15) is 4.79 Å². The van der Waals surface area contributed by atoms with Gasteiger partial charge in [-0.15, -0.1) is 35.1 Å². The Morgan fingerprint density at radius 3 is 2.45 bits per heavy atom. The predicted molar refractivity (Wildman–Crippen MR) is 99.6 cm³/mol. The van der Waals surface area contributed by atoms with Crippen molar-refractivity contribution >= 4 is 52.7 Å². The molecule has 0 bridgehead atoms. The van der Waals surface area contributed by atoms with E-state index in [-0.39, 0.29) is 24.4 Å². The molecule has 2 N–H and O–H groups in total. The van der Waals surface area contributed by atoms with Crippen molar-refractivity contribution in [2.24, 2.45) is 0 Å². The Hall–Kier alpha value is -0.530. The molecule has 120 valence electrons. The zero-order valence-corrected chi connectivity index (χ0v) is 15.3. The summed E-state index contributed by atoms with van der Waals surface area (Å²) in [6.07, 6.45) is 0.556. The topological polar surface area (TPSA) is 41.1 Å². The van der Waals surface area contributed by atoms with Crippen LogP contribution < -0.4 is 10.6 Å². The lowest BCUT2D eigenvalue weighted by atomic mass is 10.1. The molecular weight excluding hydrogens is 356 g/mol. The summed E-state index contributed by atoms with van der Waals surface area (Å²) in [7, 11) is 0. The molecule has 0 radical (unpaired) electrons. The highest BCUT2D eigenvalue weighted by Gasteiger charge is 2.22. The third kappa shape index (κ3) is 4.73. The minimum Gasteiger partial charge on any atom is -0.343 e. The van der Waals surface area contributed by atoms with Crippen molar-refractivity contribution in [3.05, 3.63) is 44.8 Å². The van der Waals surface area contributed by atoms with E-state index in [0.29, 0.717) is 12.5 Å². The van der Waals surface area contributed by atoms with Crippen LogP contribution in [0.4, 0.5) is 0 Å². The molecule has 1 atom stereocenters. The van der Waals surface area contributed by atoms with Gasteiger partial charge in [0.2, 0.25) is 5.91 Å². The average molecular weight is 375 g/mol. The van der Waals surface area contributed by atoms with E-state index in [1.807, 2.05) is 23.9 Å². The van der Waals surface area contributed by atoms with Crippen LogP contribution in [0.15, 0.2) is 35.0 Å². The Morgan fingerprint density at radius 2 is 1.95 bits per heavy atom. The van der Waals surface area contributed by atoms with Crippen LogP contribution in [0.1, 0.15) is 22.2 Å². The standard InChI is InChI=1S/C15H18N2OS3.ClH/c18-14(9-11-10-19-8-5-16-11)17-15(12-3-1-6-20-12)13-4-2-7-21-13;/h1-4,6-7,11,15-16H,5,8-10H2,(H,17,18);1H. The summed E-state index contributed by atoms with van der Waals surface area (Å²) in [5.41, 5.74) is 0. The number of rotatable bonds is 5. The van der Waals surface area contributed by atoms with Crippen molar-refractivity contribution in [3.63, 3.8) is 0 Å². The van der Waals surface area contributed by atoms with Crippen molar-refractivity contribution in [2.75, 3.05) is 18.1 Å². The maximum absolute atomic E-state index is 12.4. The molecule has 1 unspecified atom stereocenters. The Morgan fingerprint density at radius 1 is 1.27 bits per heavy atom. The monoisotopic (exact) mass is 374 g/mol. The Bertz CT molecular complexity index is 519. The smallest absolute Gasteiger partial charge is 0.222 e. The first-order chi connectivity index (χ1) is 10.3. The van der Waals surface area contributed by atoms with Crippen LogP contribution in [-0.2, 0) is 4.79 Å². The normalized spacial score (nSPS) is 18.0. The largest absolute Gasteiger partial charge is 0.343 e. The molecule has 2 aromatic rings. The molecule has 1 aliphatic heterocycles. The number of hydrogen-bond donors (Lipinski definition) is 2. The van der Waals surface area contributed by atoms with Crippen molar-refractivity contribution in [1.29, 1.82) is 0 Å². The van der Waals surface area contributed by atoms with Crippen molar-refractivity contribution < 1.29 is 4.79 Å². The van der Waals surface area contributed by atoms with E-state index >= 15 is 0 Å². The number of thiophene rings is 2. The van der Waals surface area contributed by atoms with E-state index < -0.39 is 0 Å². The van der Waals surface area contributed by atoms with Crippen LogP contribution in [-0.4, -0.2) is 30.0 Å². The van der Waals surface area contributed by atoms with Crippen molar-refractivity contribution in [3.8, 4) is 0 Å². The first-order valence-corrected chi connectivity index (χ1v) is 9.91. The SMILES string of the molecule is Cl.O=C(CC1CSCCN1)NC(c1cccs1)c1cccs1. The number of halogens is 1. The van der Waals surface area contributed by atoms with E-state index in [1.54, 1.807) is 22.7 Å². The minimum atomic E-state index is -0.00579. The summed E-state index contributed by atoms with van der Waals surface area (Å²) in [6.45, 7) is 1.00. The third-order valence-electron chi connectivity index (χ3n) is 3.39. The summed E-state index contributed by atoms with van der Waals surface area (Å²) < 4.78 is 0. The summed E-state index contributed by atoms with van der Waals surface area (Å²) >= 11 is 5.30. The average Bonchev–Trinajstić information content (AvgIpc) is 3.19. The summed E-state index contributed by atoms with van der Waals surface area (Å²) in [5, 5.41) is 10.7. The summed E-state index contributed by atoms with van der Waals surface area (Å²) in [6, 6.07) is 8.54. The van der Waals surface area contributed by atoms with Gasteiger partial charge in [-0.05, 0) is 22.9 Å². The van der Waals surface area contributed by atoms with Gasteiger partial charge in [0.1, 0.15) is 0 Å². The molecule has 1 aliphatic rings. The van der Waals surface area contributed by atoms with Gasteiger partial charge >= 0.3 is 0 Å². The fraction of sp³-hybridized carbons (Fsp3) is 0.400. The van der Waals surface area contributed by atoms with Crippen LogP contribution in [0.25, 0.3) is 0 Å². The van der Waals surface area contributed by atoms with Gasteiger partial charge in [0, 0.05) is 40.3 Å². The maximum atomic E-state index is 12.4. The Labute approximate surface area is 149 Å². The summed E-state index contributed by atoms with van der Waals surface area (Å²) in [4.78, 5) is 14.7. The van der Waals surface area contributed by atoms with Crippen LogP contribution in [0, 0.1) is 0 Å². The molecule has 0 aromatic carbocycles. The Kier molecular flexibility index (Phi) is 7.24. The van der Waals surface area contributed by atoms with Gasteiger partial charge in [-0.25, -0.2) is 0 Å². The lowest BCUT2D eigenvalue weighted by molar-refractivity contribution is -0.121. The fourth-order valence-electron chi connectivity index (χ4n) is 2.39. The van der Waals surface area contributed by atoms with Gasteiger partial charge in [0.15, 0.2) is 0 Å². The Balaban J connectivity index is 0.00000176. The van der Waals surface area contributed by atoms with Gasteiger partial charge in [0.25, 0.3) is 0 Å². The highest BCUT2D eigenvalue weighted by atomic mass is 35.5. The lowest BCUT2D eigenvalue weighted by Gasteiger charge is -2.24. The number of thioether (sulfide) groups is 1. The molecule has 1 fully saturated rings. The molecule has 3 heterocycles. The molecule has 0 spiro atoms. The van der Waals surface area contributed by atoms with Gasteiger partial charge in [-0.3, -0.25) is 4.79 Å². The van der Waals surface area contributed by atoms with Gasteiger partial charge in [-0.2, -0.15) is 11.8 Å². The van der Waals surface area contributed by atoms with Gasteiger partial charge in [-0.1, -0.05) is 12.1 Å². The molecule has 7 heteroatoms. The van der Waals surface area contributed by atoms with E-state index in [2.05, 4.69) is 33.5 Å². The highest BCUT2D eigenvalue weighted by Crippen LogP contribution is 2.29. The van der Waals surface area contributed by atoms with Gasteiger partial charge < -0.3 is 10.6 Å². The molecule has 2 aromatic heterocycles.